The molecule has 1 fully saturated rings. The Kier molecular flexibility index (Phi) is 8.47. The van der Waals surface area contributed by atoms with Crippen molar-refractivity contribution in [3.05, 3.63) is 89.0 Å². The molecule has 2 heterocycles. The third-order valence-corrected chi connectivity index (χ3v) is 7.01. The van der Waals surface area contributed by atoms with E-state index >= 15 is 0 Å². The standard InChI is InChI=1S/C30H34FN3O2/c1-3-4-24-15-16-32-30(34-20(2)17-27(24)31)26-13-14-28(33-19-26)25-11-9-23(10-12-25)22-7-5-21(6-8-22)18-29(35)36/h3-4,9-14,17,19,21-22H,5-8,15-16,18H2,1-2H3,(H,32,34)(H,35,36)/b4-3?,20-17+,27-24?. The van der Waals surface area contributed by atoms with Gasteiger partial charge >= 0.3 is 5.97 Å². The molecule has 1 aliphatic heterocycles. The lowest BCUT2D eigenvalue weighted by molar-refractivity contribution is -0.138. The summed E-state index contributed by atoms with van der Waals surface area (Å²) in [5.74, 6) is 0.568. The van der Waals surface area contributed by atoms with Gasteiger partial charge < -0.3 is 10.4 Å². The first-order chi connectivity index (χ1) is 17.4. The van der Waals surface area contributed by atoms with E-state index in [1.54, 1.807) is 12.3 Å². The Morgan fingerprint density at radius 3 is 2.47 bits per heavy atom. The van der Waals surface area contributed by atoms with E-state index in [4.69, 9.17) is 5.11 Å². The number of halogens is 1. The quantitative estimate of drug-likeness (QED) is 0.463. The molecule has 0 atom stereocenters. The zero-order valence-electron chi connectivity index (χ0n) is 21.0. The Hall–Kier alpha value is -3.54. The van der Waals surface area contributed by atoms with Crippen molar-refractivity contribution >= 4 is 11.8 Å². The Labute approximate surface area is 212 Å². The van der Waals surface area contributed by atoms with Crippen LogP contribution in [0.5, 0.6) is 0 Å². The zero-order valence-corrected chi connectivity index (χ0v) is 21.0. The molecule has 0 amide bonds. The maximum absolute atomic E-state index is 14.5. The van der Waals surface area contributed by atoms with E-state index in [2.05, 4.69) is 39.6 Å². The number of carboxylic acid groups (broad SMARTS) is 1. The van der Waals surface area contributed by atoms with Gasteiger partial charge in [0.25, 0.3) is 0 Å². The lowest BCUT2D eigenvalue weighted by atomic mass is 9.77. The van der Waals surface area contributed by atoms with Gasteiger partial charge in [0.05, 0.1) is 5.69 Å². The number of carbonyl (C=O) groups is 1. The van der Waals surface area contributed by atoms with Gasteiger partial charge in [0.1, 0.15) is 11.7 Å². The monoisotopic (exact) mass is 487 g/mol. The van der Waals surface area contributed by atoms with Crippen LogP contribution in [0, 0.1) is 5.92 Å². The van der Waals surface area contributed by atoms with E-state index in [1.165, 1.54) is 11.6 Å². The molecule has 1 aromatic carbocycles. The first-order valence-corrected chi connectivity index (χ1v) is 12.7. The maximum Gasteiger partial charge on any atom is 0.303 e. The highest BCUT2D eigenvalue weighted by atomic mass is 19.1. The number of nitrogens with zero attached hydrogens (tertiary/aromatic N) is 2. The number of amidine groups is 1. The van der Waals surface area contributed by atoms with Crippen LogP contribution in [0.2, 0.25) is 0 Å². The summed E-state index contributed by atoms with van der Waals surface area (Å²) >= 11 is 0. The smallest absolute Gasteiger partial charge is 0.303 e. The summed E-state index contributed by atoms with van der Waals surface area (Å²) in [4.78, 5) is 20.3. The molecule has 188 valence electrons. The molecule has 5 nitrogen and oxygen atoms in total. The van der Waals surface area contributed by atoms with Crippen molar-refractivity contribution in [1.29, 1.82) is 0 Å². The van der Waals surface area contributed by atoms with Crippen molar-refractivity contribution in [3.63, 3.8) is 0 Å². The van der Waals surface area contributed by atoms with E-state index in [0.717, 1.165) is 42.5 Å². The van der Waals surface area contributed by atoms with Gasteiger partial charge in [-0.25, -0.2) is 4.39 Å². The number of aromatic nitrogens is 1. The number of carboxylic acids is 1. The van der Waals surface area contributed by atoms with Gasteiger partial charge in [0.2, 0.25) is 0 Å². The number of nitrogens with one attached hydrogen (secondary N) is 1. The van der Waals surface area contributed by atoms with Crippen LogP contribution < -0.4 is 5.32 Å². The molecule has 36 heavy (non-hydrogen) atoms. The van der Waals surface area contributed by atoms with Crippen LogP contribution in [0.1, 0.15) is 69.4 Å². The summed E-state index contributed by atoms with van der Waals surface area (Å²) < 4.78 is 14.5. The van der Waals surface area contributed by atoms with Crippen LogP contribution in [0.3, 0.4) is 0 Å². The van der Waals surface area contributed by atoms with Gasteiger partial charge in [-0.3, -0.25) is 14.8 Å². The van der Waals surface area contributed by atoms with Crippen LogP contribution in [0.15, 0.2) is 82.9 Å². The lowest BCUT2D eigenvalue weighted by Crippen LogP contribution is -2.23. The number of hydrogen-bond acceptors (Lipinski definition) is 4. The number of aliphatic imine (C=N–C) groups is 1. The summed E-state index contributed by atoms with van der Waals surface area (Å²) in [5.41, 5.74) is 5.44. The summed E-state index contributed by atoms with van der Waals surface area (Å²) in [6.07, 6.45) is 11.8. The van der Waals surface area contributed by atoms with Crippen LogP contribution in [-0.4, -0.2) is 28.4 Å². The molecule has 1 aromatic heterocycles. The highest BCUT2D eigenvalue weighted by Gasteiger charge is 2.24. The third-order valence-electron chi connectivity index (χ3n) is 7.01. The van der Waals surface area contributed by atoms with Crippen LogP contribution in [0.4, 0.5) is 4.39 Å². The number of hydrogen-bond donors (Lipinski definition) is 2. The van der Waals surface area contributed by atoms with E-state index in [9.17, 15) is 9.18 Å². The van der Waals surface area contributed by atoms with Crippen LogP contribution in [0.25, 0.3) is 11.3 Å². The summed E-state index contributed by atoms with van der Waals surface area (Å²) in [7, 11) is 0. The Balaban J connectivity index is 1.42. The summed E-state index contributed by atoms with van der Waals surface area (Å²) in [6, 6.07) is 12.6. The minimum atomic E-state index is -0.690. The van der Waals surface area contributed by atoms with Crippen molar-refractivity contribution < 1.29 is 14.3 Å². The van der Waals surface area contributed by atoms with E-state index in [0.29, 0.717) is 41.9 Å². The second kappa shape index (κ2) is 11.9. The van der Waals surface area contributed by atoms with Gasteiger partial charge in [0.15, 0.2) is 0 Å². The molecule has 2 aliphatic rings. The number of allylic oxidation sites excluding steroid dienone is 5. The minimum Gasteiger partial charge on any atom is -0.481 e. The Bertz CT molecular complexity index is 1190. The van der Waals surface area contributed by atoms with Gasteiger partial charge in [-0.15, -0.1) is 0 Å². The summed E-state index contributed by atoms with van der Waals surface area (Å²) in [5, 5.41) is 12.3. The molecule has 2 N–H and O–H groups in total. The van der Waals surface area contributed by atoms with Crippen LogP contribution in [-0.2, 0) is 4.79 Å². The maximum atomic E-state index is 14.5. The molecular formula is C30H34FN3O2. The van der Waals surface area contributed by atoms with Crippen molar-refractivity contribution in [1.82, 2.24) is 10.3 Å². The third kappa shape index (κ3) is 6.56. The SMILES string of the molecule is CC=CC1=C(F)/C=C(\C)NC(c2ccc(-c3ccc(C4CCC(CC(=O)O)CC4)cc3)nc2)=NCC1. The average molecular weight is 488 g/mol. The molecular weight excluding hydrogens is 453 g/mol. The Morgan fingerprint density at radius 1 is 1.11 bits per heavy atom. The Morgan fingerprint density at radius 2 is 1.83 bits per heavy atom. The second-order valence-corrected chi connectivity index (χ2v) is 9.68. The van der Waals surface area contributed by atoms with Crippen molar-refractivity contribution in [2.75, 3.05) is 6.54 Å². The fraction of sp³-hybridized carbons (Fsp3) is 0.367. The fourth-order valence-corrected chi connectivity index (χ4v) is 5.06. The zero-order chi connectivity index (χ0) is 25.5. The van der Waals surface area contributed by atoms with Crippen molar-refractivity contribution in [2.24, 2.45) is 10.9 Å². The average Bonchev–Trinajstić information content (AvgIpc) is 2.94. The highest BCUT2D eigenvalue weighted by Crippen LogP contribution is 2.37. The number of pyridine rings is 1. The highest BCUT2D eigenvalue weighted by molar-refractivity contribution is 5.99. The van der Waals surface area contributed by atoms with Gasteiger partial charge in [-0.1, -0.05) is 36.4 Å². The topological polar surface area (TPSA) is 74.6 Å². The molecule has 1 aliphatic carbocycles. The number of rotatable bonds is 6. The van der Waals surface area contributed by atoms with Gasteiger partial charge in [-0.2, -0.15) is 0 Å². The predicted molar refractivity (Wildman–Crippen MR) is 142 cm³/mol. The molecule has 0 bridgehead atoms. The first kappa shape index (κ1) is 25.5. The molecule has 4 rings (SSSR count). The largest absolute Gasteiger partial charge is 0.481 e. The van der Waals surface area contributed by atoms with E-state index in [1.807, 2.05) is 32.1 Å². The number of benzene rings is 1. The molecule has 6 heteroatoms. The minimum absolute atomic E-state index is 0.236. The van der Waals surface area contributed by atoms with E-state index in [-0.39, 0.29) is 12.2 Å². The van der Waals surface area contributed by atoms with Crippen molar-refractivity contribution in [3.8, 4) is 11.3 Å². The molecule has 1 saturated carbocycles. The fourth-order valence-electron chi connectivity index (χ4n) is 5.06. The van der Waals surface area contributed by atoms with E-state index < -0.39 is 5.97 Å². The van der Waals surface area contributed by atoms with Crippen molar-refractivity contribution in [2.45, 2.75) is 58.3 Å². The normalized spacial score (nSPS) is 22.6. The second-order valence-electron chi connectivity index (χ2n) is 9.68. The summed E-state index contributed by atoms with van der Waals surface area (Å²) in [6.45, 7) is 4.19. The molecule has 2 aromatic rings. The van der Waals surface area contributed by atoms with Gasteiger partial charge in [-0.05, 0) is 87.1 Å². The number of aliphatic carboxylic acids is 1. The van der Waals surface area contributed by atoms with Crippen LogP contribution >= 0.6 is 0 Å². The molecule has 0 radical (unpaired) electrons. The molecule has 0 unspecified atom stereocenters. The lowest BCUT2D eigenvalue weighted by Gasteiger charge is -2.28. The van der Waals surface area contributed by atoms with Gasteiger partial charge in [0, 0.05) is 36.0 Å². The molecule has 0 spiro atoms. The predicted octanol–water partition coefficient (Wildman–Crippen LogP) is 6.94. The molecule has 0 saturated heterocycles. The first-order valence-electron chi connectivity index (χ1n) is 12.7.